The number of nitrogens with one attached hydrogen (secondary N) is 1. The molecule has 1 N–H and O–H groups in total. The van der Waals surface area contributed by atoms with Gasteiger partial charge in [0, 0.05) is 33.5 Å². The lowest BCUT2D eigenvalue weighted by Crippen LogP contribution is -2.11. The number of aromatic nitrogens is 2. The van der Waals surface area contributed by atoms with Crippen LogP contribution in [-0.2, 0) is 6.61 Å². The SMILES string of the molecule is Cc1nc(-c2cccc(NC(=O)c3ccc(OCc4nc(C5CC5)cs4)cc3)c2)cs1. The van der Waals surface area contributed by atoms with E-state index >= 15 is 0 Å². The Morgan fingerprint density at radius 3 is 2.68 bits per heavy atom. The van der Waals surface area contributed by atoms with E-state index in [1.165, 1.54) is 18.5 Å². The summed E-state index contributed by atoms with van der Waals surface area (Å²) in [7, 11) is 0. The van der Waals surface area contributed by atoms with Crippen LogP contribution in [0, 0.1) is 6.92 Å². The van der Waals surface area contributed by atoms with E-state index in [0.29, 0.717) is 18.1 Å². The fraction of sp³-hybridized carbons (Fsp3) is 0.208. The van der Waals surface area contributed by atoms with Gasteiger partial charge in [-0.15, -0.1) is 22.7 Å². The van der Waals surface area contributed by atoms with Crippen LogP contribution in [0.2, 0.25) is 0 Å². The monoisotopic (exact) mass is 447 g/mol. The fourth-order valence-corrected chi connectivity index (χ4v) is 4.67. The highest BCUT2D eigenvalue weighted by atomic mass is 32.1. The minimum absolute atomic E-state index is 0.160. The first-order chi connectivity index (χ1) is 15.1. The Morgan fingerprint density at radius 1 is 1.10 bits per heavy atom. The molecule has 0 unspecified atom stereocenters. The van der Waals surface area contributed by atoms with E-state index in [-0.39, 0.29) is 5.91 Å². The molecule has 2 heterocycles. The lowest BCUT2D eigenvalue weighted by molar-refractivity contribution is 0.102. The Hall–Kier alpha value is -3.03. The van der Waals surface area contributed by atoms with E-state index in [0.717, 1.165) is 32.7 Å². The molecule has 2 aromatic heterocycles. The number of anilines is 1. The van der Waals surface area contributed by atoms with Gasteiger partial charge in [0.25, 0.3) is 5.91 Å². The van der Waals surface area contributed by atoms with Gasteiger partial charge in [0.15, 0.2) is 0 Å². The number of carbonyl (C=O) groups is 1. The Labute approximate surface area is 188 Å². The van der Waals surface area contributed by atoms with Gasteiger partial charge in [-0.3, -0.25) is 4.79 Å². The average Bonchev–Trinajstić information content (AvgIpc) is 3.37. The molecule has 0 atom stereocenters. The molecule has 1 aliphatic carbocycles. The summed E-state index contributed by atoms with van der Waals surface area (Å²) in [5.74, 6) is 1.22. The van der Waals surface area contributed by atoms with Crippen LogP contribution in [0.4, 0.5) is 5.69 Å². The van der Waals surface area contributed by atoms with E-state index in [2.05, 4.69) is 20.7 Å². The number of hydrogen-bond acceptors (Lipinski definition) is 6. The number of hydrogen-bond donors (Lipinski definition) is 1. The van der Waals surface area contributed by atoms with E-state index in [4.69, 9.17) is 4.74 Å². The van der Waals surface area contributed by atoms with Crippen molar-refractivity contribution in [2.24, 2.45) is 0 Å². The third-order valence-corrected chi connectivity index (χ3v) is 6.69. The molecule has 0 aliphatic heterocycles. The van der Waals surface area contributed by atoms with Gasteiger partial charge in [0.2, 0.25) is 0 Å². The molecule has 2 aromatic carbocycles. The molecule has 1 fully saturated rings. The summed E-state index contributed by atoms with van der Waals surface area (Å²) in [4.78, 5) is 21.8. The van der Waals surface area contributed by atoms with Crippen molar-refractivity contribution in [2.45, 2.75) is 32.3 Å². The highest BCUT2D eigenvalue weighted by Crippen LogP contribution is 2.40. The number of rotatable bonds is 7. The maximum Gasteiger partial charge on any atom is 0.255 e. The van der Waals surface area contributed by atoms with E-state index < -0.39 is 0 Å². The number of aryl methyl sites for hydroxylation is 1. The molecule has 0 bridgehead atoms. The number of benzene rings is 2. The number of nitrogens with zero attached hydrogens (tertiary/aromatic N) is 2. The Balaban J connectivity index is 1.20. The first-order valence-electron chi connectivity index (χ1n) is 10.1. The summed E-state index contributed by atoms with van der Waals surface area (Å²) in [5, 5.41) is 9.12. The van der Waals surface area contributed by atoms with Crippen molar-refractivity contribution in [3.63, 3.8) is 0 Å². The minimum Gasteiger partial charge on any atom is -0.486 e. The zero-order valence-corrected chi connectivity index (χ0v) is 18.6. The highest BCUT2D eigenvalue weighted by molar-refractivity contribution is 7.10. The fourth-order valence-electron chi connectivity index (χ4n) is 3.26. The van der Waals surface area contributed by atoms with Gasteiger partial charge in [-0.25, -0.2) is 9.97 Å². The molecule has 156 valence electrons. The largest absolute Gasteiger partial charge is 0.486 e. The zero-order chi connectivity index (χ0) is 21.2. The lowest BCUT2D eigenvalue weighted by atomic mass is 10.1. The first-order valence-corrected chi connectivity index (χ1v) is 11.9. The molecule has 31 heavy (non-hydrogen) atoms. The Kier molecular flexibility index (Phi) is 5.53. The van der Waals surface area contributed by atoms with Crippen molar-refractivity contribution in [2.75, 3.05) is 5.32 Å². The van der Waals surface area contributed by atoms with Gasteiger partial charge >= 0.3 is 0 Å². The van der Waals surface area contributed by atoms with Crippen molar-refractivity contribution in [1.29, 1.82) is 0 Å². The summed E-state index contributed by atoms with van der Waals surface area (Å²) in [6.45, 7) is 2.43. The topological polar surface area (TPSA) is 64.1 Å². The normalized spacial score (nSPS) is 13.2. The molecule has 1 amide bonds. The summed E-state index contributed by atoms with van der Waals surface area (Å²) in [5.41, 5.74) is 4.42. The molecular formula is C24H21N3O2S2. The summed E-state index contributed by atoms with van der Waals surface area (Å²) in [6.07, 6.45) is 2.50. The molecule has 5 rings (SSSR count). The number of thiazole rings is 2. The summed E-state index contributed by atoms with van der Waals surface area (Å²) >= 11 is 3.25. The minimum atomic E-state index is -0.160. The second kappa shape index (κ2) is 8.61. The molecule has 4 aromatic rings. The van der Waals surface area contributed by atoms with Gasteiger partial charge < -0.3 is 10.1 Å². The highest BCUT2D eigenvalue weighted by Gasteiger charge is 2.26. The van der Waals surface area contributed by atoms with Crippen LogP contribution in [0.3, 0.4) is 0 Å². The Bertz CT molecular complexity index is 1210. The van der Waals surface area contributed by atoms with Crippen molar-refractivity contribution in [1.82, 2.24) is 9.97 Å². The standard InChI is InChI=1S/C24H21N3O2S2/c1-15-25-22(13-30-15)18-3-2-4-19(11-18)26-24(28)17-7-9-20(10-8-17)29-12-23-27-21(14-31-23)16-5-6-16/h2-4,7-11,13-14,16H,5-6,12H2,1H3,(H,26,28). The maximum absolute atomic E-state index is 12.7. The van der Waals surface area contributed by atoms with Crippen molar-refractivity contribution in [3.05, 3.63) is 80.6 Å². The van der Waals surface area contributed by atoms with E-state index in [1.54, 1.807) is 34.8 Å². The molecular weight excluding hydrogens is 426 g/mol. The first kappa shape index (κ1) is 19.9. The van der Waals surface area contributed by atoms with Crippen molar-refractivity contribution < 1.29 is 9.53 Å². The maximum atomic E-state index is 12.7. The molecule has 7 heteroatoms. The van der Waals surface area contributed by atoms with Crippen LogP contribution in [-0.4, -0.2) is 15.9 Å². The van der Waals surface area contributed by atoms with Crippen LogP contribution < -0.4 is 10.1 Å². The molecule has 5 nitrogen and oxygen atoms in total. The van der Waals surface area contributed by atoms with Gasteiger partial charge in [-0.05, 0) is 56.2 Å². The van der Waals surface area contributed by atoms with Crippen LogP contribution in [0.1, 0.15) is 44.8 Å². The van der Waals surface area contributed by atoms with Crippen molar-refractivity contribution in [3.8, 4) is 17.0 Å². The predicted octanol–water partition coefficient (Wildman–Crippen LogP) is 6.28. The van der Waals surface area contributed by atoms with Crippen molar-refractivity contribution >= 4 is 34.3 Å². The molecule has 1 saturated carbocycles. The molecule has 0 spiro atoms. The molecule has 0 saturated heterocycles. The second-order valence-electron chi connectivity index (χ2n) is 7.54. The summed E-state index contributed by atoms with van der Waals surface area (Å²) < 4.78 is 5.84. The van der Waals surface area contributed by atoms with Crippen LogP contribution >= 0.6 is 22.7 Å². The van der Waals surface area contributed by atoms with Crippen LogP contribution in [0.5, 0.6) is 5.75 Å². The molecule has 1 aliphatic rings. The lowest BCUT2D eigenvalue weighted by Gasteiger charge is -2.08. The third-order valence-electron chi connectivity index (χ3n) is 5.08. The predicted molar refractivity (Wildman–Crippen MR) is 125 cm³/mol. The smallest absolute Gasteiger partial charge is 0.255 e. The van der Waals surface area contributed by atoms with Gasteiger partial charge in [-0.1, -0.05) is 12.1 Å². The number of ether oxygens (including phenoxy) is 1. The zero-order valence-electron chi connectivity index (χ0n) is 17.0. The average molecular weight is 448 g/mol. The van der Waals surface area contributed by atoms with E-state index in [9.17, 15) is 4.79 Å². The quantitative estimate of drug-likeness (QED) is 0.362. The van der Waals surface area contributed by atoms with E-state index in [1.807, 2.05) is 48.7 Å². The number of carbonyl (C=O) groups excluding carboxylic acids is 1. The Morgan fingerprint density at radius 2 is 1.94 bits per heavy atom. The van der Waals surface area contributed by atoms with Gasteiger partial charge in [0.05, 0.1) is 16.4 Å². The molecule has 0 radical (unpaired) electrons. The van der Waals surface area contributed by atoms with Crippen LogP contribution in [0.25, 0.3) is 11.3 Å². The third kappa shape index (κ3) is 4.84. The van der Waals surface area contributed by atoms with Gasteiger partial charge in [0.1, 0.15) is 17.4 Å². The van der Waals surface area contributed by atoms with Crippen LogP contribution in [0.15, 0.2) is 59.3 Å². The number of amides is 1. The second-order valence-corrected chi connectivity index (χ2v) is 9.55. The van der Waals surface area contributed by atoms with Gasteiger partial charge in [-0.2, -0.15) is 0 Å². The summed E-state index contributed by atoms with van der Waals surface area (Å²) in [6, 6.07) is 14.9.